The van der Waals surface area contributed by atoms with E-state index in [0.717, 1.165) is 17.7 Å². The number of anilines is 1. The van der Waals surface area contributed by atoms with E-state index >= 15 is 0 Å². The van der Waals surface area contributed by atoms with Crippen LogP contribution in [0.3, 0.4) is 0 Å². The molecule has 28 heavy (non-hydrogen) atoms. The van der Waals surface area contributed by atoms with Gasteiger partial charge in [0.05, 0.1) is 11.8 Å². The summed E-state index contributed by atoms with van der Waals surface area (Å²) in [6.45, 7) is 7.45. The summed E-state index contributed by atoms with van der Waals surface area (Å²) >= 11 is 5.72. The number of nitrogens with one attached hydrogen (secondary N) is 1. The highest BCUT2D eigenvalue weighted by molar-refractivity contribution is 7.80. The SMILES string of the molecule is CN(C)c1ccc(C2=NN(C(=S)NCc3ccccc3)[C@@H](C(C)(C)C)C2)cc1. The third-order valence-electron chi connectivity index (χ3n) is 5.12. The number of thiocarbonyl (C=S) groups is 1. The van der Waals surface area contributed by atoms with Crippen molar-refractivity contribution in [2.45, 2.75) is 39.8 Å². The van der Waals surface area contributed by atoms with Gasteiger partial charge in [-0.1, -0.05) is 63.2 Å². The van der Waals surface area contributed by atoms with Crippen molar-refractivity contribution in [3.8, 4) is 0 Å². The summed E-state index contributed by atoms with van der Waals surface area (Å²) in [6.07, 6.45) is 0.887. The van der Waals surface area contributed by atoms with Gasteiger partial charge in [-0.2, -0.15) is 5.10 Å². The fourth-order valence-corrected chi connectivity index (χ4v) is 3.59. The van der Waals surface area contributed by atoms with Gasteiger partial charge in [-0.3, -0.25) is 0 Å². The zero-order valence-electron chi connectivity index (χ0n) is 17.4. The summed E-state index contributed by atoms with van der Waals surface area (Å²) in [4.78, 5) is 2.10. The van der Waals surface area contributed by atoms with Crippen LogP contribution >= 0.6 is 12.2 Å². The van der Waals surface area contributed by atoms with Gasteiger partial charge >= 0.3 is 0 Å². The van der Waals surface area contributed by atoms with Crippen molar-refractivity contribution >= 4 is 28.7 Å². The third-order valence-corrected chi connectivity index (χ3v) is 5.45. The van der Waals surface area contributed by atoms with Gasteiger partial charge in [0.2, 0.25) is 0 Å². The molecule has 1 aliphatic rings. The summed E-state index contributed by atoms with van der Waals surface area (Å²) in [6, 6.07) is 19.1. The molecule has 3 rings (SSSR count). The van der Waals surface area contributed by atoms with Crippen molar-refractivity contribution < 1.29 is 0 Å². The number of hydrogen-bond donors (Lipinski definition) is 1. The van der Waals surface area contributed by atoms with Crippen LogP contribution in [0.4, 0.5) is 5.69 Å². The molecule has 0 fully saturated rings. The summed E-state index contributed by atoms with van der Waals surface area (Å²) in [5, 5.41) is 11.0. The predicted molar refractivity (Wildman–Crippen MR) is 123 cm³/mol. The van der Waals surface area contributed by atoms with E-state index in [4.69, 9.17) is 17.3 Å². The molecule has 1 N–H and O–H groups in total. The molecular formula is C23H30N4S. The average Bonchev–Trinajstić information content (AvgIpc) is 3.13. The Morgan fingerprint density at radius 1 is 1.11 bits per heavy atom. The maximum Gasteiger partial charge on any atom is 0.190 e. The molecule has 1 atom stereocenters. The van der Waals surface area contributed by atoms with Crippen molar-refractivity contribution in [2.24, 2.45) is 10.5 Å². The van der Waals surface area contributed by atoms with E-state index in [2.05, 4.69) is 81.5 Å². The highest BCUT2D eigenvalue weighted by Gasteiger charge is 2.38. The first-order valence-corrected chi connectivity index (χ1v) is 10.1. The topological polar surface area (TPSA) is 30.9 Å². The quantitative estimate of drug-likeness (QED) is 0.765. The molecular weight excluding hydrogens is 364 g/mol. The van der Waals surface area contributed by atoms with Crippen molar-refractivity contribution in [1.82, 2.24) is 10.3 Å². The Kier molecular flexibility index (Phi) is 6.04. The smallest absolute Gasteiger partial charge is 0.190 e. The fourth-order valence-electron chi connectivity index (χ4n) is 3.35. The Hall–Kier alpha value is -2.40. The molecule has 0 bridgehead atoms. The highest BCUT2D eigenvalue weighted by atomic mass is 32.1. The zero-order valence-corrected chi connectivity index (χ0v) is 18.3. The minimum atomic E-state index is 0.0628. The van der Waals surface area contributed by atoms with Crippen molar-refractivity contribution in [1.29, 1.82) is 0 Å². The van der Waals surface area contributed by atoms with E-state index in [1.54, 1.807) is 0 Å². The molecule has 0 saturated carbocycles. The number of benzene rings is 2. The number of hydrogen-bond acceptors (Lipinski definition) is 3. The highest BCUT2D eigenvalue weighted by Crippen LogP contribution is 2.33. The second-order valence-corrected chi connectivity index (χ2v) is 8.95. The Morgan fingerprint density at radius 2 is 1.75 bits per heavy atom. The van der Waals surface area contributed by atoms with Crippen molar-refractivity contribution in [3.63, 3.8) is 0 Å². The van der Waals surface area contributed by atoms with Crippen LogP contribution in [-0.4, -0.2) is 36.0 Å². The maximum atomic E-state index is 5.72. The second-order valence-electron chi connectivity index (χ2n) is 8.56. The van der Waals surface area contributed by atoms with Crippen molar-refractivity contribution in [2.75, 3.05) is 19.0 Å². The molecule has 2 aromatic rings. The Morgan fingerprint density at radius 3 is 2.32 bits per heavy atom. The second kappa shape index (κ2) is 8.31. The largest absolute Gasteiger partial charge is 0.378 e. The summed E-state index contributed by atoms with van der Waals surface area (Å²) in [5.41, 5.74) is 4.71. The zero-order chi connectivity index (χ0) is 20.3. The lowest BCUT2D eigenvalue weighted by Gasteiger charge is -2.34. The Bertz CT molecular complexity index is 835. The van der Waals surface area contributed by atoms with E-state index in [9.17, 15) is 0 Å². The molecule has 1 heterocycles. The first-order chi connectivity index (χ1) is 13.3. The van der Waals surface area contributed by atoms with Gasteiger partial charge in [0.1, 0.15) is 0 Å². The molecule has 0 unspecified atom stereocenters. The first kappa shape index (κ1) is 20.3. The van der Waals surface area contributed by atoms with Crippen LogP contribution < -0.4 is 10.2 Å². The molecule has 0 aliphatic carbocycles. The number of nitrogens with zero attached hydrogens (tertiary/aromatic N) is 3. The van der Waals surface area contributed by atoms with E-state index in [1.165, 1.54) is 11.3 Å². The number of hydrazone groups is 1. The molecule has 1 aliphatic heterocycles. The first-order valence-electron chi connectivity index (χ1n) is 9.72. The normalized spacial score (nSPS) is 16.7. The predicted octanol–water partition coefficient (Wildman–Crippen LogP) is 4.65. The average molecular weight is 395 g/mol. The molecule has 148 valence electrons. The van der Waals surface area contributed by atoms with Crippen LogP contribution in [-0.2, 0) is 6.54 Å². The molecule has 0 spiro atoms. The van der Waals surface area contributed by atoms with Crippen LogP contribution in [0.1, 0.15) is 38.3 Å². The molecule has 0 saturated heterocycles. The third kappa shape index (κ3) is 4.71. The number of rotatable bonds is 4. The van der Waals surface area contributed by atoms with Gasteiger partial charge in [-0.05, 0) is 40.9 Å². The van der Waals surface area contributed by atoms with Gasteiger partial charge in [0.25, 0.3) is 0 Å². The lowest BCUT2D eigenvalue weighted by atomic mass is 9.83. The van der Waals surface area contributed by atoms with Gasteiger partial charge in [-0.25, -0.2) is 5.01 Å². The lowest BCUT2D eigenvalue weighted by molar-refractivity contribution is 0.192. The molecule has 4 nitrogen and oxygen atoms in total. The molecule has 0 aromatic heterocycles. The summed E-state index contributed by atoms with van der Waals surface area (Å²) in [5.74, 6) is 0. The summed E-state index contributed by atoms with van der Waals surface area (Å²) < 4.78 is 0. The van der Waals surface area contributed by atoms with Crippen LogP contribution in [0.25, 0.3) is 0 Å². The fraction of sp³-hybridized carbons (Fsp3) is 0.391. The minimum absolute atomic E-state index is 0.0628. The van der Waals surface area contributed by atoms with E-state index < -0.39 is 0 Å². The van der Waals surface area contributed by atoms with Gasteiger partial charge in [-0.15, -0.1) is 0 Å². The lowest BCUT2D eigenvalue weighted by Crippen LogP contribution is -2.45. The molecule has 0 amide bonds. The Labute approximate surface area is 174 Å². The van der Waals surface area contributed by atoms with Gasteiger partial charge in [0.15, 0.2) is 5.11 Å². The van der Waals surface area contributed by atoms with Gasteiger partial charge in [0, 0.05) is 32.7 Å². The maximum absolute atomic E-state index is 5.72. The monoisotopic (exact) mass is 394 g/mol. The minimum Gasteiger partial charge on any atom is -0.378 e. The van der Waals surface area contributed by atoms with E-state index in [1.807, 2.05) is 23.2 Å². The van der Waals surface area contributed by atoms with Crippen LogP contribution in [0.5, 0.6) is 0 Å². The van der Waals surface area contributed by atoms with E-state index in [0.29, 0.717) is 11.7 Å². The standard InChI is InChI=1S/C23H30N4S/c1-23(2,3)21-15-20(18-11-13-19(14-12-18)26(4)5)25-27(21)22(28)24-16-17-9-7-6-8-10-17/h6-14,21H,15-16H2,1-5H3,(H,24,28)/t21-/m1/s1. The van der Waals surface area contributed by atoms with E-state index in [-0.39, 0.29) is 11.5 Å². The summed E-state index contributed by atoms with van der Waals surface area (Å²) in [7, 11) is 4.10. The molecule has 0 radical (unpaired) electrons. The molecule has 5 heteroatoms. The Balaban J connectivity index is 1.78. The van der Waals surface area contributed by atoms with Crippen molar-refractivity contribution in [3.05, 3.63) is 65.7 Å². The van der Waals surface area contributed by atoms with Gasteiger partial charge < -0.3 is 10.2 Å². The van der Waals surface area contributed by atoms with Crippen LogP contribution in [0.2, 0.25) is 0 Å². The van der Waals surface area contributed by atoms with Crippen LogP contribution in [0.15, 0.2) is 59.7 Å². The van der Waals surface area contributed by atoms with Crippen LogP contribution in [0, 0.1) is 5.41 Å². The molecule has 2 aromatic carbocycles.